The van der Waals surface area contributed by atoms with Crippen LogP contribution in [0.1, 0.15) is 22.8 Å². The molecule has 1 atom stereocenters. The Hall–Kier alpha value is -3.06. The van der Waals surface area contributed by atoms with Crippen LogP contribution in [0.5, 0.6) is 17.2 Å². The van der Waals surface area contributed by atoms with E-state index in [1.807, 2.05) is 17.5 Å². The molecule has 2 heterocycles. The molecule has 0 saturated heterocycles. The van der Waals surface area contributed by atoms with E-state index < -0.39 is 0 Å². The maximum Gasteiger partial charge on any atom is 0.225 e. The lowest BCUT2D eigenvalue weighted by Gasteiger charge is -2.25. The SMILES string of the molecule is COc1cc([C@@H]2CC(=O)Nc3c(-c4ccccc4F)csc32)cc(OC)c1OC. The largest absolute Gasteiger partial charge is 0.493 e. The van der Waals surface area contributed by atoms with Gasteiger partial charge in [0.25, 0.3) is 0 Å². The van der Waals surface area contributed by atoms with Crippen LogP contribution in [0, 0.1) is 5.82 Å². The summed E-state index contributed by atoms with van der Waals surface area (Å²) in [5.41, 5.74) is 2.69. The molecule has 29 heavy (non-hydrogen) atoms. The molecule has 0 fully saturated rings. The lowest BCUT2D eigenvalue weighted by molar-refractivity contribution is -0.116. The number of rotatable bonds is 5. The first-order valence-corrected chi connectivity index (χ1v) is 9.91. The molecular weight excluding hydrogens is 393 g/mol. The topological polar surface area (TPSA) is 56.8 Å². The molecular formula is C22H20FNO4S. The minimum atomic E-state index is -0.322. The van der Waals surface area contributed by atoms with Gasteiger partial charge in [-0.05, 0) is 23.8 Å². The Labute approximate surface area is 172 Å². The highest BCUT2D eigenvalue weighted by molar-refractivity contribution is 7.11. The molecule has 1 aliphatic rings. The molecule has 1 amide bonds. The van der Waals surface area contributed by atoms with Gasteiger partial charge in [0.05, 0.1) is 27.0 Å². The average Bonchev–Trinajstić information content (AvgIpc) is 3.15. The first-order valence-electron chi connectivity index (χ1n) is 9.03. The van der Waals surface area contributed by atoms with Gasteiger partial charge in [-0.2, -0.15) is 0 Å². The zero-order chi connectivity index (χ0) is 20.5. The molecule has 0 aliphatic carbocycles. The molecule has 1 aromatic heterocycles. The van der Waals surface area contributed by atoms with Crippen LogP contribution in [-0.2, 0) is 4.79 Å². The van der Waals surface area contributed by atoms with Crippen LogP contribution in [0.2, 0.25) is 0 Å². The van der Waals surface area contributed by atoms with Crippen LogP contribution in [0.3, 0.4) is 0 Å². The van der Waals surface area contributed by atoms with E-state index in [4.69, 9.17) is 14.2 Å². The van der Waals surface area contributed by atoms with Crippen LogP contribution < -0.4 is 19.5 Å². The number of halogens is 1. The van der Waals surface area contributed by atoms with E-state index in [1.165, 1.54) is 17.4 Å². The van der Waals surface area contributed by atoms with Crippen molar-refractivity contribution in [1.29, 1.82) is 0 Å². The van der Waals surface area contributed by atoms with Crippen LogP contribution >= 0.6 is 11.3 Å². The van der Waals surface area contributed by atoms with Crippen molar-refractivity contribution >= 4 is 22.9 Å². The maximum atomic E-state index is 14.4. The molecule has 5 nitrogen and oxygen atoms in total. The first-order chi connectivity index (χ1) is 14.1. The van der Waals surface area contributed by atoms with E-state index in [1.54, 1.807) is 39.5 Å². The van der Waals surface area contributed by atoms with Gasteiger partial charge in [0.1, 0.15) is 5.82 Å². The highest BCUT2D eigenvalue weighted by atomic mass is 32.1. The van der Waals surface area contributed by atoms with E-state index in [0.29, 0.717) is 34.1 Å². The molecule has 0 radical (unpaired) electrons. The van der Waals surface area contributed by atoms with E-state index in [9.17, 15) is 9.18 Å². The van der Waals surface area contributed by atoms with Crippen LogP contribution in [-0.4, -0.2) is 27.2 Å². The van der Waals surface area contributed by atoms with Crippen molar-refractivity contribution < 1.29 is 23.4 Å². The lowest BCUT2D eigenvalue weighted by Crippen LogP contribution is -2.22. The molecule has 0 saturated carbocycles. The molecule has 1 aliphatic heterocycles. The number of methoxy groups -OCH3 is 3. The molecule has 4 rings (SSSR count). The van der Waals surface area contributed by atoms with Crippen LogP contribution in [0.4, 0.5) is 10.1 Å². The summed E-state index contributed by atoms with van der Waals surface area (Å²) in [6, 6.07) is 10.3. The van der Waals surface area contributed by atoms with Crippen molar-refractivity contribution in [2.45, 2.75) is 12.3 Å². The Bertz CT molecular complexity index is 1050. The van der Waals surface area contributed by atoms with Gasteiger partial charge in [0.15, 0.2) is 11.5 Å². The number of hydrogen-bond acceptors (Lipinski definition) is 5. The molecule has 150 valence electrons. The first kappa shape index (κ1) is 19.3. The monoisotopic (exact) mass is 413 g/mol. The second kappa shape index (κ2) is 7.75. The van der Waals surface area contributed by atoms with Crippen LogP contribution in [0.25, 0.3) is 11.1 Å². The van der Waals surface area contributed by atoms with E-state index >= 15 is 0 Å². The Morgan fingerprint density at radius 3 is 2.34 bits per heavy atom. The highest BCUT2D eigenvalue weighted by Gasteiger charge is 2.32. The predicted octanol–water partition coefficient (Wildman–Crippen LogP) is 5.05. The van der Waals surface area contributed by atoms with Crippen LogP contribution in [0.15, 0.2) is 41.8 Å². The Kier molecular flexibility index (Phi) is 5.15. The summed E-state index contributed by atoms with van der Waals surface area (Å²) in [6.07, 6.45) is 0.281. The van der Waals surface area contributed by atoms with E-state index in [-0.39, 0.29) is 24.1 Å². The van der Waals surface area contributed by atoms with Gasteiger partial charge in [-0.3, -0.25) is 4.79 Å². The standard InChI is InChI=1S/C22H20FNO4S/c1-26-17-8-12(9-18(27-2)21(17)28-3)14-10-19(25)24-20-15(11-29-22(14)20)13-6-4-5-7-16(13)23/h4-9,11,14H,10H2,1-3H3,(H,24,25)/t14-/m0/s1. The molecule has 0 unspecified atom stereocenters. The molecule has 0 bridgehead atoms. The fourth-order valence-corrected chi connectivity index (χ4v) is 4.83. The number of benzene rings is 2. The Morgan fingerprint density at radius 1 is 1.03 bits per heavy atom. The molecule has 1 N–H and O–H groups in total. The van der Waals surface area contributed by atoms with E-state index in [2.05, 4.69) is 5.32 Å². The summed E-state index contributed by atoms with van der Waals surface area (Å²) in [6.45, 7) is 0. The minimum absolute atomic E-state index is 0.118. The summed E-state index contributed by atoms with van der Waals surface area (Å²) < 4.78 is 30.7. The van der Waals surface area contributed by atoms with Gasteiger partial charge in [0, 0.05) is 33.7 Å². The third kappa shape index (κ3) is 3.31. The van der Waals surface area contributed by atoms with Crippen molar-refractivity contribution in [2.75, 3.05) is 26.6 Å². The van der Waals surface area contributed by atoms with Gasteiger partial charge in [0.2, 0.25) is 11.7 Å². The number of amides is 1. The summed E-state index contributed by atoms with van der Waals surface area (Å²) >= 11 is 1.50. The number of nitrogens with one attached hydrogen (secondary N) is 1. The van der Waals surface area contributed by atoms with Crippen molar-refractivity contribution in [3.05, 3.63) is 58.0 Å². The fourth-order valence-electron chi connectivity index (χ4n) is 3.68. The van der Waals surface area contributed by atoms with E-state index in [0.717, 1.165) is 10.4 Å². The van der Waals surface area contributed by atoms with Crippen molar-refractivity contribution in [2.24, 2.45) is 0 Å². The summed E-state index contributed by atoms with van der Waals surface area (Å²) in [7, 11) is 4.66. The summed E-state index contributed by atoms with van der Waals surface area (Å²) in [5, 5.41) is 4.82. The number of thiophene rings is 1. The van der Waals surface area contributed by atoms with Gasteiger partial charge in [-0.25, -0.2) is 4.39 Å². The molecule has 3 aromatic rings. The number of hydrogen-bond donors (Lipinski definition) is 1. The average molecular weight is 413 g/mol. The van der Waals surface area contributed by atoms with Crippen molar-refractivity contribution in [3.63, 3.8) is 0 Å². The third-order valence-electron chi connectivity index (χ3n) is 5.04. The van der Waals surface area contributed by atoms with Crippen molar-refractivity contribution in [1.82, 2.24) is 0 Å². The number of ether oxygens (including phenoxy) is 3. The van der Waals surface area contributed by atoms with Gasteiger partial charge in [-0.1, -0.05) is 18.2 Å². The minimum Gasteiger partial charge on any atom is -0.493 e. The normalized spacial score (nSPS) is 15.4. The number of carbonyl (C=O) groups is 1. The zero-order valence-electron chi connectivity index (χ0n) is 16.2. The maximum absolute atomic E-state index is 14.4. The molecule has 7 heteroatoms. The number of anilines is 1. The predicted molar refractivity (Wildman–Crippen MR) is 111 cm³/mol. The third-order valence-corrected chi connectivity index (χ3v) is 6.14. The van der Waals surface area contributed by atoms with Gasteiger partial charge in [-0.15, -0.1) is 11.3 Å². The fraction of sp³-hybridized carbons (Fsp3) is 0.227. The second-order valence-corrected chi connectivity index (χ2v) is 7.54. The van der Waals surface area contributed by atoms with Gasteiger partial charge < -0.3 is 19.5 Å². The zero-order valence-corrected chi connectivity index (χ0v) is 17.1. The summed E-state index contributed by atoms with van der Waals surface area (Å²) in [4.78, 5) is 13.5. The van der Waals surface area contributed by atoms with Crippen molar-refractivity contribution in [3.8, 4) is 28.4 Å². The Balaban J connectivity index is 1.85. The quantitative estimate of drug-likeness (QED) is 0.636. The number of carbonyl (C=O) groups excluding carboxylic acids is 1. The number of fused-ring (bicyclic) bond motifs is 1. The second-order valence-electron chi connectivity index (χ2n) is 6.63. The lowest BCUT2D eigenvalue weighted by atomic mass is 9.88. The molecule has 2 aromatic carbocycles. The summed E-state index contributed by atoms with van der Waals surface area (Å²) in [5.74, 6) is 0.917. The Morgan fingerprint density at radius 2 is 1.72 bits per heavy atom. The molecule has 0 spiro atoms. The smallest absolute Gasteiger partial charge is 0.225 e. The highest BCUT2D eigenvalue weighted by Crippen LogP contribution is 2.49. The van der Waals surface area contributed by atoms with Gasteiger partial charge >= 0.3 is 0 Å².